The van der Waals surface area contributed by atoms with Crippen LogP contribution in [0, 0.1) is 11.7 Å². The van der Waals surface area contributed by atoms with Crippen molar-refractivity contribution in [3.63, 3.8) is 0 Å². The SMILES string of the molecule is C=C(C)CNC(=O)[C@@H]1CCC(=O)N(CCc2cccc(F)c2)C1. The summed E-state index contributed by atoms with van der Waals surface area (Å²) in [7, 11) is 0. The second kappa shape index (κ2) is 7.90. The third-order valence-corrected chi connectivity index (χ3v) is 3.99. The lowest BCUT2D eigenvalue weighted by molar-refractivity contribution is -0.138. The van der Waals surface area contributed by atoms with Crippen LogP contribution < -0.4 is 5.32 Å². The van der Waals surface area contributed by atoms with E-state index in [1.54, 1.807) is 11.0 Å². The summed E-state index contributed by atoms with van der Waals surface area (Å²) in [6.07, 6.45) is 1.55. The normalized spacial score (nSPS) is 17.9. The molecule has 1 aliphatic heterocycles. The Morgan fingerprint density at radius 2 is 2.26 bits per heavy atom. The van der Waals surface area contributed by atoms with Crippen LogP contribution in [0.1, 0.15) is 25.3 Å². The molecule has 0 bridgehead atoms. The van der Waals surface area contributed by atoms with Gasteiger partial charge >= 0.3 is 0 Å². The summed E-state index contributed by atoms with van der Waals surface area (Å²) in [5.41, 5.74) is 1.75. The van der Waals surface area contributed by atoms with Gasteiger partial charge in [0.25, 0.3) is 0 Å². The maximum atomic E-state index is 13.2. The van der Waals surface area contributed by atoms with Crippen LogP contribution in [0.5, 0.6) is 0 Å². The van der Waals surface area contributed by atoms with Crippen LogP contribution in [0.25, 0.3) is 0 Å². The molecule has 0 unspecified atom stereocenters. The first-order valence-corrected chi connectivity index (χ1v) is 7.90. The summed E-state index contributed by atoms with van der Waals surface area (Å²) in [6, 6.07) is 6.38. The average molecular weight is 318 g/mol. The summed E-state index contributed by atoms with van der Waals surface area (Å²) in [5.74, 6) is -0.425. The Labute approximate surface area is 136 Å². The van der Waals surface area contributed by atoms with E-state index in [-0.39, 0.29) is 23.5 Å². The first-order chi connectivity index (χ1) is 11.0. The van der Waals surface area contributed by atoms with Crippen LogP contribution in [0.2, 0.25) is 0 Å². The molecule has 1 fully saturated rings. The van der Waals surface area contributed by atoms with Crippen LogP contribution in [0.15, 0.2) is 36.4 Å². The third kappa shape index (κ3) is 5.20. The van der Waals surface area contributed by atoms with E-state index < -0.39 is 0 Å². The molecule has 0 aromatic heterocycles. The molecule has 4 nitrogen and oxygen atoms in total. The van der Waals surface area contributed by atoms with Gasteiger partial charge in [0, 0.05) is 26.1 Å². The van der Waals surface area contributed by atoms with Crippen molar-refractivity contribution in [3.8, 4) is 0 Å². The van der Waals surface area contributed by atoms with Gasteiger partial charge in [0.05, 0.1) is 5.92 Å². The number of amides is 2. The number of rotatable bonds is 6. The monoisotopic (exact) mass is 318 g/mol. The second-order valence-corrected chi connectivity index (χ2v) is 6.13. The van der Waals surface area contributed by atoms with Gasteiger partial charge in [0.15, 0.2) is 0 Å². The van der Waals surface area contributed by atoms with Crippen molar-refractivity contribution < 1.29 is 14.0 Å². The average Bonchev–Trinajstić information content (AvgIpc) is 2.52. The number of nitrogens with one attached hydrogen (secondary N) is 1. The maximum absolute atomic E-state index is 13.2. The van der Waals surface area contributed by atoms with Gasteiger partial charge in [-0.2, -0.15) is 0 Å². The van der Waals surface area contributed by atoms with Gasteiger partial charge < -0.3 is 10.2 Å². The molecule has 1 aromatic rings. The molecule has 1 aromatic carbocycles. The molecule has 0 saturated carbocycles. The topological polar surface area (TPSA) is 49.4 Å². The minimum absolute atomic E-state index is 0.0312. The van der Waals surface area contributed by atoms with Gasteiger partial charge in [0.1, 0.15) is 5.82 Å². The lowest BCUT2D eigenvalue weighted by Crippen LogP contribution is -2.46. The van der Waals surface area contributed by atoms with E-state index in [0.717, 1.165) is 11.1 Å². The molecule has 1 heterocycles. The number of carbonyl (C=O) groups is 2. The molecular weight excluding hydrogens is 295 g/mol. The summed E-state index contributed by atoms with van der Waals surface area (Å²) in [6.45, 7) is 7.01. The van der Waals surface area contributed by atoms with Crippen molar-refractivity contribution >= 4 is 11.8 Å². The Bertz CT molecular complexity index is 600. The summed E-state index contributed by atoms with van der Waals surface area (Å²) >= 11 is 0. The Morgan fingerprint density at radius 3 is 2.96 bits per heavy atom. The molecule has 2 amide bonds. The van der Waals surface area contributed by atoms with Crippen LogP contribution in [0.3, 0.4) is 0 Å². The van der Waals surface area contributed by atoms with Crippen LogP contribution in [0.4, 0.5) is 4.39 Å². The van der Waals surface area contributed by atoms with E-state index in [9.17, 15) is 14.0 Å². The number of hydrogen-bond acceptors (Lipinski definition) is 2. The van der Waals surface area contributed by atoms with E-state index in [2.05, 4.69) is 11.9 Å². The maximum Gasteiger partial charge on any atom is 0.225 e. The molecule has 0 spiro atoms. The fraction of sp³-hybridized carbons (Fsp3) is 0.444. The fourth-order valence-corrected chi connectivity index (χ4v) is 2.68. The molecule has 1 saturated heterocycles. The van der Waals surface area contributed by atoms with Crippen LogP contribution in [-0.4, -0.2) is 36.3 Å². The van der Waals surface area contributed by atoms with E-state index in [1.807, 2.05) is 13.0 Å². The second-order valence-electron chi connectivity index (χ2n) is 6.13. The van der Waals surface area contributed by atoms with E-state index in [0.29, 0.717) is 38.9 Å². The van der Waals surface area contributed by atoms with Gasteiger partial charge in [-0.15, -0.1) is 0 Å². The summed E-state index contributed by atoms with van der Waals surface area (Å²) < 4.78 is 13.2. The Kier molecular flexibility index (Phi) is 5.90. The van der Waals surface area contributed by atoms with Gasteiger partial charge in [-0.25, -0.2) is 4.39 Å². The van der Waals surface area contributed by atoms with Crippen molar-refractivity contribution in [1.29, 1.82) is 0 Å². The largest absolute Gasteiger partial charge is 0.352 e. The number of piperidine rings is 1. The van der Waals surface area contributed by atoms with Crippen LogP contribution in [-0.2, 0) is 16.0 Å². The molecular formula is C18H23FN2O2. The molecule has 0 radical (unpaired) electrons. The van der Waals surface area contributed by atoms with Crippen molar-refractivity contribution in [2.75, 3.05) is 19.6 Å². The summed E-state index contributed by atoms with van der Waals surface area (Å²) in [5, 5.41) is 2.84. The van der Waals surface area contributed by atoms with Gasteiger partial charge in [0.2, 0.25) is 11.8 Å². The minimum atomic E-state index is -0.274. The zero-order chi connectivity index (χ0) is 16.8. The minimum Gasteiger partial charge on any atom is -0.352 e. The first-order valence-electron chi connectivity index (χ1n) is 7.90. The highest BCUT2D eigenvalue weighted by Crippen LogP contribution is 2.18. The predicted molar refractivity (Wildman–Crippen MR) is 87.2 cm³/mol. The van der Waals surface area contributed by atoms with E-state index in [1.165, 1.54) is 12.1 Å². The number of benzene rings is 1. The van der Waals surface area contributed by atoms with E-state index in [4.69, 9.17) is 0 Å². The van der Waals surface area contributed by atoms with Crippen molar-refractivity contribution in [2.45, 2.75) is 26.2 Å². The zero-order valence-electron chi connectivity index (χ0n) is 13.5. The molecule has 5 heteroatoms. The quantitative estimate of drug-likeness (QED) is 0.818. The highest BCUT2D eigenvalue weighted by Gasteiger charge is 2.29. The molecule has 1 N–H and O–H groups in total. The predicted octanol–water partition coefficient (Wildman–Crippen LogP) is 2.30. The van der Waals surface area contributed by atoms with Crippen molar-refractivity contribution in [2.24, 2.45) is 5.92 Å². The number of nitrogens with zero attached hydrogens (tertiary/aromatic N) is 1. The molecule has 1 aliphatic rings. The number of carbonyl (C=O) groups excluding carboxylic acids is 2. The number of hydrogen-bond donors (Lipinski definition) is 1. The van der Waals surface area contributed by atoms with Crippen molar-refractivity contribution in [1.82, 2.24) is 10.2 Å². The fourth-order valence-electron chi connectivity index (χ4n) is 2.68. The van der Waals surface area contributed by atoms with Crippen LogP contribution >= 0.6 is 0 Å². The van der Waals surface area contributed by atoms with Crippen molar-refractivity contribution in [3.05, 3.63) is 47.8 Å². The standard InChI is InChI=1S/C18H23FN2O2/c1-13(2)11-20-18(23)15-6-7-17(22)21(12-15)9-8-14-4-3-5-16(19)10-14/h3-5,10,15H,1,6-9,11-12H2,2H3,(H,20,23)/t15-/m1/s1. The Hall–Kier alpha value is -2.17. The summed E-state index contributed by atoms with van der Waals surface area (Å²) in [4.78, 5) is 25.9. The first kappa shape index (κ1) is 17.2. The molecule has 124 valence electrons. The Balaban J connectivity index is 1.89. The van der Waals surface area contributed by atoms with E-state index >= 15 is 0 Å². The number of likely N-dealkylation sites (tertiary alicyclic amines) is 1. The molecule has 23 heavy (non-hydrogen) atoms. The highest BCUT2D eigenvalue weighted by atomic mass is 19.1. The van der Waals surface area contributed by atoms with Gasteiger partial charge in [-0.1, -0.05) is 24.3 Å². The van der Waals surface area contributed by atoms with Gasteiger partial charge in [-0.3, -0.25) is 9.59 Å². The third-order valence-electron chi connectivity index (χ3n) is 3.99. The molecule has 0 aliphatic carbocycles. The lowest BCUT2D eigenvalue weighted by atomic mass is 9.96. The molecule has 2 rings (SSSR count). The van der Waals surface area contributed by atoms with Gasteiger partial charge in [-0.05, 0) is 37.5 Å². The molecule has 1 atom stereocenters. The lowest BCUT2D eigenvalue weighted by Gasteiger charge is -2.32. The Morgan fingerprint density at radius 1 is 1.48 bits per heavy atom. The smallest absolute Gasteiger partial charge is 0.225 e. The zero-order valence-corrected chi connectivity index (χ0v) is 13.5. The highest BCUT2D eigenvalue weighted by molar-refractivity contribution is 5.83. The number of halogens is 1.